The molecule has 0 bridgehead atoms. The summed E-state index contributed by atoms with van der Waals surface area (Å²) in [7, 11) is 1.70. The van der Waals surface area contributed by atoms with E-state index in [1.165, 1.54) is 19.3 Å². The third kappa shape index (κ3) is 5.53. The number of nitrogens with one attached hydrogen (secondary N) is 2. The van der Waals surface area contributed by atoms with E-state index in [1.807, 2.05) is 0 Å². The Bertz CT molecular complexity index is 274. The largest absolute Gasteiger partial charge is 0.383 e. The molecule has 1 saturated carbocycles. The topological polar surface area (TPSA) is 33.3 Å². The van der Waals surface area contributed by atoms with Crippen molar-refractivity contribution in [1.82, 2.24) is 10.6 Å². The van der Waals surface area contributed by atoms with Crippen LogP contribution < -0.4 is 10.6 Å². The van der Waals surface area contributed by atoms with E-state index in [2.05, 4.69) is 38.3 Å². The van der Waals surface area contributed by atoms with E-state index in [9.17, 15) is 0 Å². The summed E-state index contributed by atoms with van der Waals surface area (Å²) in [5.41, 5.74) is 0.781. The molecule has 1 rings (SSSR count). The summed E-state index contributed by atoms with van der Waals surface area (Å²) in [6.07, 6.45) is 3.65. The lowest BCUT2D eigenvalue weighted by Gasteiger charge is -2.45. The lowest BCUT2D eigenvalue weighted by Crippen LogP contribution is -2.49. The minimum absolute atomic E-state index is 0.390. The summed E-state index contributed by atoms with van der Waals surface area (Å²) in [6, 6.07) is 0.478. The van der Waals surface area contributed by atoms with Crippen LogP contribution in [-0.2, 0) is 4.74 Å². The zero-order valence-electron chi connectivity index (χ0n) is 12.4. The van der Waals surface area contributed by atoms with Gasteiger partial charge in [-0.3, -0.25) is 0 Å². The van der Waals surface area contributed by atoms with Crippen LogP contribution in [0, 0.1) is 10.8 Å². The van der Waals surface area contributed by atoms with E-state index in [0.29, 0.717) is 23.5 Å². The van der Waals surface area contributed by atoms with Crippen molar-refractivity contribution in [2.75, 3.05) is 20.3 Å². The molecule has 0 unspecified atom stereocenters. The minimum atomic E-state index is 0.390. The van der Waals surface area contributed by atoms with Gasteiger partial charge in [0.2, 0.25) is 0 Å². The van der Waals surface area contributed by atoms with E-state index in [4.69, 9.17) is 17.0 Å². The van der Waals surface area contributed by atoms with Crippen LogP contribution in [-0.4, -0.2) is 31.4 Å². The monoisotopic (exact) mass is 272 g/mol. The second-order valence-electron chi connectivity index (χ2n) is 7.00. The smallest absolute Gasteiger partial charge is 0.166 e. The average Bonchev–Trinajstić information content (AvgIpc) is 2.12. The third-order valence-corrected chi connectivity index (χ3v) is 3.74. The van der Waals surface area contributed by atoms with Gasteiger partial charge < -0.3 is 15.4 Å². The Morgan fingerprint density at radius 3 is 2.28 bits per heavy atom. The molecule has 18 heavy (non-hydrogen) atoms. The Morgan fingerprint density at radius 2 is 1.78 bits per heavy atom. The molecule has 0 spiro atoms. The van der Waals surface area contributed by atoms with Gasteiger partial charge in [0.15, 0.2) is 5.11 Å². The maximum Gasteiger partial charge on any atom is 0.166 e. The first-order valence-corrected chi connectivity index (χ1v) is 7.18. The van der Waals surface area contributed by atoms with Gasteiger partial charge in [-0.25, -0.2) is 0 Å². The number of thiocarbonyl (C=S) groups is 1. The predicted molar refractivity (Wildman–Crippen MR) is 80.8 cm³/mol. The lowest BCUT2D eigenvalue weighted by atomic mass is 9.63. The van der Waals surface area contributed by atoms with E-state index in [0.717, 1.165) is 11.7 Å². The predicted octanol–water partition coefficient (Wildman–Crippen LogP) is 2.70. The molecule has 3 nitrogen and oxygen atoms in total. The summed E-state index contributed by atoms with van der Waals surface area (Å²) in [6.45, 7) is 10.9. The number of hydrogen-bond acceptors (Lipinski definition) is 2. The molecule has 0 aromatic carbocycles. The number of methoxy groups -OCH3 is 1. The highest BCUT2D eigenvalue weighted by molar-refractivity contribution is 7.80. The number of hydrogen-bond donors (Lipinski definition) is 2. The molecule has 0 aromatic rings. The first kappa shape index (κ1) is 15.7. The van der Waals surface area contributed by atoms with Gasteiger partial charge in [0.1, 0.15) is 0 Å². The molecule has 2 N–H and O–H groups in total. The Balaban J connectivity index is 2.44. The van der Waals surface area contributed by atoms with E-state index in [-0.39, 0.29) is 0 Å². The quantitative estimate of drug-likeness (QED) is 0.609. The van der Waals surface area contributed by atoms with Crippen molar-refractivity contribution in [3.05, 3.63) is 0 Å². The molecule has 0 saturated heterocycles. The third-order valence-electron chi connectivity index (χ3n) is 3.48. The Labute approximate surface area is 117 Å². The maximum atomic E-state index is 5.32. The standard InChI is InChI=1S/C14H28N2OS/c1-13(2)8-11(9-14(3,4)10-13)16-12(18)15-6-7-17-5/h11H,6-10H2,1-5H3,(H2,15,16,18). The Morgan fingerprint density at radius 1 is 1.22 bits per heavy atom. The average molecular weight is 272 g/mol. The molecule has 0 aromatic heterocycles. The molecule has 1 fully saturated rings. The summed E-state index contributed by atoms with van der Waals surface area (Å²) < 4.78 is 5.00. The van der Waals surface area contributed by atoms with Crippen molar-refractivity contribution < 1.29 is 4.74 Å². The van der Waals surface area contributed by atoms with Crippen molar-refractivity contribution in [3.63, 3.8) is 0 Å². The maximum absolute atomic E-state index is 5.32. The van der Waals surface area contributed by atoms with Crippen LogP contribution in [0.5, 0.6) is 0 Å². The Kier molecular flexibility index (Phi) is 5.41. The second kappa shape index (κ2) is 6.20. The van der Waals surface area contributed by atoms with Gasteiger partial charge in [-0.05, 0) is 42.3 Å². The molecule has 1 aliphatic rings. The molecular weight excluding hydrogens is 244 g/mol. The summed E-state index contributed by atoms with van der Waals surface area (Å²) in [4.78, 5) is 0. The minimum Gasteiger partial charge on any atom is -0.383 e. The fourth-order valence-electron chi connectivity index (χ4n) is 3.45. The number of ether oxygens (including phenoxy) is 1. The first-order chi connectivity index (χ1) is 8.24. The summed E-state index contributed by atoms with van der Waals surface area (Å²) in [5.74, 6) is 0. The lowest BCUT2D eigenvalue weighted by molar-refractivity contribution is 0.0920. The zero-order chi connectivity index (χ0) is 13.8. The van der Waals surface area contributed by atoms with Crippen LogP contribution in [0.4, 0.5) is 0 Å². The fraction of sp³-hybridized carbons (Fsp3) is 0.929. The summed E-state index contributed by atoms with van der Waals surface area (Å²) >= 11 is 5.32. The highest BCUT2D eigenvalue weighted by atomic mass is 32.1. The molecular formula is C14H28N2OS. The second-order valence-corrected chi connectivity index (χ2v) is 7.41. The number of rotatable bonds is 4. The molecule has 0 heterocycles. The van der Waals surface area contributed by atoms with Crippen molar-refractivity contribution in [1.29, 1.82) is 0 Å². The van der Waals surface area contributed by atoms with E-state index in [1.54, 1.807) is 7.11 Å². The zero-order valence-corrected chi connectivity index (χ0v) is 13.2. The van der Waals surface area contributed by atoms with Gasteiger partial charge in [-0.15, -0.1) is 0 Å². The SMILES string of the molecule is COCCNC(=S)NC1CC(C)(C)CC(C)(C)C1. The highest BCUT2D eigenvalue weighted by Crippen LogP contribution is 2.45. The van der Waals surface area contributed by atoms with Crippen LogP contribution in [0.2, 0.25) is 0 Å². The molecule has 0 amide bonds. The molecule has 1 aliphatic carbocycles. The highest BCUT2D eigenvalue weighted by Gasteiger charge is 2.38. The Hall–Kier alpha value is -0.350. The van der Waals surface area contributed by atoms with Crippen LogP contribution in [0.3, 0.4) is 0 Å². The van der Waals surface area contributed by atoms with Crippen LogP contribution in [0.25, 0.3) is 0 Å². The van der Waals surface area contributed by atoms with Gasteiger partial charge in [-0.1, -0.05) is 27.7 Å². The van der Waals surface area contributed by atoms with Crippen molar-refractivity contribution in [2.24, 2.45) is 10.8 Å². The van der Waals surface area contributed by atoms with Gasteiger partial charge in [0.05, 0.1) is 6.61 Å². The van der Waals surface area contributed by atoms with Crippen molar-refractivity contribution >= 4 is 17.3 Å². The molecule has 0 atom stereocenters. The first-order valence-electron chi connectivity index (χ1n) is 6.77. The summed E-state index contributed by atoms with van der Waals surface area (Å²) in [5, 5.41) is 7.39. The van der Waals surface area contributed by atoms with Crippen LogP contribution >= 0.6 is 12.2 Å². The normalized spacial score (nSPS) is 22.5. The van der Waals surface area contributed by atoms with Crippen LogP contribution in [0.1, 0.15) is 47.0 Å². The van der Waals surface area contributed by atoms with E-state index >= 15 is 0 Å². The molecule has 0 aliphatic heterocycles. The van der Waals surface area contributed by atoms with Crippen molar-refractivity contribution in [3.8, 4) is 0 Å². The van der Waals surface area contributed by atoms with Gasteiger partial charge in [0.25, 0.3) is 0 Å². The van der Waals surface area contributed by atoms with Gasteiger partial charge >= 0.3 is 0 Å². The molecule has 106 valence electrons. The van der Waals surface area contributed by atoms with Gasteiger partial charge in [0, 0.05) is 19.7 Å². The van der Waals surface area contributed by atoms with Gasteiger partial charge in [-0.2, -0.15) is 0 Å². The fourth-order valence-corrected chi connectivity index (χ4v) is 3.72. The van der Waals surface area contributed by atoms with Crippen LogP contribution in [0.15, 0.2) is 0 Å². The molecule has 0 radical (unpaired) electrons. The van der Waals surface area contributed by atoms with E-state index < -0.39 is 0 Å². The van der Waals surface area contributed by atoms with Crippen molar-refractivity contribution in [2.45, 2.75) is 53.0 Å². The molecule has 4 heteroatoms.